The molecule has 0 bridgehead atoms. The topological polar surface area (TPSA) is 47.3 Å². The molecule has 0 aliphatic heterocycles. The summed E-state index contributed by atoms with van der Waals surface area (Å²) < 4.78 is 11.0. The molecule has 0 fully saturated rings. The van der Waals surface area contributed by atoms with Crippen molar-refractivity contribution in [3.8, 4) is 6.08 Å². The number of aromatic nitrogens is 1. The lowest BCUT2D eigenvalue weighted by atomic mass is 10.1. The highest BCUT2D eigenvalue weighted by atomic mass is 16.6. The van der Waals surface area contributed by atoms with Gasteiger partial charge in [-0.05, 0) is 24.9 Å². The van der Waals surface area contributed by atoms with Crippen LogP contribution in [-0.4, -0.2) is 11.5 Å². The average Bonchev–Trinajstić information content (AvgIpc) is 2.87. The van der Waals surface area contributed by atoms with E-state index in [0.29, 0.717) is 18.5 Å². The molecular formula is C16H22N2O2. The standard InChI is InChI=1S/C16H22N2O2/c1-12(2)9-17-10-15-11-19-16(18-15)20-13(3)14-7-5-4-6-8-14/h4-8,11-13,17H,9-10H2,1-3H3. The molecular weight excluding hydrogens is 252 g/mol. The van der Waals surface area contributed by atoms with Crippen LogP contribution in [0.4, 0.5) is 0 Å². The van der Waals surface area contributed by atoms with E-state index in [2.05, 4.69) is 24.1 Å². The summed E-state index contributed by atoms with van der Waals surface area (Å²) in [5.74, 6) is 0.621. The van der Waals surface area contributed by atoms with Gasteiger partial charge < -0.3 is 14.5 Å². The number of hydrogen-bond donors (Lipinski definition) is 1. The SMILES string of the molecule is CC(C)CNCc1coc(OC(C)c2ccccc2)n1. The minimum Gasteiger partial charge on any atom is -0.442 e. The van der Waals surface area contributed by atoms with Gasteiger partial charge in [0.2, 0.25) is 0 Å². The molecule has 0 saturated heterocycles. The molecule has 1 aromatic heterocycles. The van der Waals surface area contributed by atoms with Gasteiger partial charge in [-0.3, -0.25) is 0 Å². The van der Waals surface area contributed by atoms with Gasteiger partial charge in [-0.1, -0.05) is 44.2 Å². The molecule has 0 aliphatic rings. The number of benzene rings is 1. The van der Waals surface area contributed by atoms with Crippen molar-refractivity contribution >= 4 is 0 Å². The lowest BCUT2D eigenvalue weighted by Gasteiger charge is -2.11. The molecule has 2 aromatic rings. The second-order valence-corrected chi connectivity index (χ2v) is 5.30. The molecule has 0 spiro atoms. The molecule has 1 N–H and O–H groups in total. The van der Waals surface area contributed by atoms with E-state index in [1.54, 1.807) is 6.26 Å². The van der Waals surface area contributed by atoms with Crippen LogP contribution >= 0.6 is 0 Å². The molecule has 4 nitrogen and oxygen atoms in total. The zero-order valence-corrected chi connectivity index (χ0v) is 12.3. The first-order valence-corrected chi connectivity index (χ1v) is 7.02. The van der Waals surface area contributed by atoms with Crippen LogP contribution < -0.4 is 10.1 Å². The third-order valence-corrected chi connectivity index (χ3v) is 2.94. The Morgan fingerprint density at radius 3 is 2.65 bits per heavy atom. The normalized spacial score (nSPS) is 12.6. The lowest BCUT2D eigenvalue weighted by molar-refractivity contribution is 0.163. The Hall–Kier alpha value is -1.81. The van der Waals surface area contributed by atoms with Crippen molar-refractivity contribution in [3.05, 3.63) is 47.9 Å². The predicted molar refractivity (Wildman–Crippen MR) is 78.5 cm³/mol. The summed E-state index contributed by atoms with van der Waals surface area (Å²) in [6.45, 7) is 7.99. The van der Waals surface area contributed by atoms with E-state index in [-0.39, 0.29) is 6.10 Å². The van der Waals surface area contributed by atoms with Crippen LogP contribution in [-0.2, 0) is 6.54 Å². The van der Waals surface area contributed by atoms with Crippen LogP contribution in [0.15, 0.2) is 41.0 Å². The molecule has 2 rings (SSSR count). The maximum atomic E-state index is 5.70. The van der Waals surface area contributed by atoms with E-state index < -0.39 is 0 Å². The van der Waals surface area contributed by atoms with E-state index in [9.17, 15) is 0 Å². The lowest BCUT2D eigenvalue weighted by Crippen LogP contribution is -2.19. The van der Waals surface area contributed by atoms with Crippen LogP contribution in [0.1, 0.15) is 38.1 Å². The van der Waals surface area contributed by atoms with Gasteiger partial charge in [0.25, 0.3) is 0 Å². The van der Waals surface area contributed by atoms with Crippen molar-refractivity contribution in [2.45, 2.75) is 33.4 Å². The molecule has 4 heteroatoms. The quantitative estimate of drug-likeness (QED) is 0.838. The highest BCUT2D eigenvalue weighted by molar-refractivity contribution is 5.17. The van der Waals surface area contributed by atoms with Crippen molar-refractivity contribution < 1.29 is 9.15 Å². The average molecular weight is 274 g/mol. The molecule has 0 amide bonds. The van der Waals surface area contributed by atoms with Gasteiger partial charge in [0.1, 0.15) is 12.4 Å². The Kier molecular flexibility index (Phi) is 5.18. The molecule has 1 heterocycles. The minimum atomic E-state index is -0.0775. The molecule has 1 atom stereocenters. The van der Waals surface area contributed by atoms with Gasteiger partial charge in [0.05, 0.1) is 5.69 Å². The number of nitrogens with one attached hydrogen (secondary N) is 1. The van der Waals surface area contributed by atoms with Gasteiger partial charge >= 0.3 is 6.08 Å². The second kappa shape index (κ2) is 7.10. The van der Waals surface area contributed by atoms with Crippen molar-refractivity contribution in [1.82, 2.24) is 10.3 Å². The van der Waals surface area contributed by atoms with Gasteiger partial charge in [0.15, 0.2) is 0 Å². The Morgan fingerprint density at radius 1 is 1.20 bits per heavy atom. The van der Waals surface area contributed by atoms with Gasteiger partial charge in [-0.15, -0.1) is 0 Å². The highest BCUT2D eigenvalue weighted by Crippen LogP contribution is 2.20. The fourth-order valence-electron chi connectivity index (χ4n) is 1.86. The molecule has 1 unspecified atom stereocenters. The summed E-state index contributed by atoms with van der Waals surface area (Å²) >= 11 is 0. The van der Waals surface area contributed by atoms with E-state index in [1.807, 2.05) is 37.3 Å². The summed E-state index contributed by atoms with van der Waals surface area (Å²) in [5, 5.41) is 3.32. The first-order chi connectivity index (χ1) is 9.65. The minimum absolute atomic E-state index is 0.0775. The maximum absolute atomic E-state index is 5.70. The Balaban J connectivity index is 1.86. The molecule has 0 saturated carbocycles. The molecule has 0 radical (unpaired) electrons. The van der Waals surface area contributed by atoms with Gasteiger partial charge in [-0.25, -0.2) is 0 Å². The summed E-state index contributed by atoms with van der Waals surface area (Å²) in [5.41, 5.74) is 1.96. The number of ether oxygens (including phenoxy) is 1. The van der Waals surface area contributed by atoms with E-state index in [0.717, 1.165) is 17.8 Å². The summed E-state index contributed by atoms with van der Waals surface area (Å²) in [7, 11) is 0. The molecule has 20 heavy (non-hydrogen) atoms. The first kappa shape index (κ1) is 14.6. The Morgan fingerprint density at radius 2 is 1.95 bits per heavy atom. The van der Waals surface area contributed by atoms with Crippen LogP contribution in [0.2, 0.25) is 0 Å². The van der Waals surface area contributed by atoms with Crippen LogP contribution in [0.3, 0.4) is 0 Å². The van der Waals surface area contributed by atoms with Crippen molar-refractivity contribution in [2.75, 3.05) is 6.54 Å². The highest BCUT2D eigenvalue weighted by Gasteiger charge is 2.11. The van der Waals surface area contributed by atoms with E-state index in [1.165, 1.54) is 0 Å². The van der Waals surface area contributed by atoms with Gasteiger partial charge in [0, 0.05) is 6.54 Å². The summed E-state index contributed by atoms with van der Waals surface area (Å²) in [4.78, 5) is 4.32. The smallest absolute Gasteiger partial charge is 0.394 e. The Bertz CT molecular complexity index is 508. The molecule has 1 aromatic carbocycles. The van der Waals surface area contributed by atoms with Gasteiger partial charge in [-0.2, -0.15) is 4.98 Å². The number of nitrogens with zero attached hydrogens (tertiary/aromatic N) is 1. The summed E-state index contributed by atoms with van der Waals surface area (Å²) in [6.07, 6.45) is 1.88. The number of oxazole rings is 1. The predicted octanol–water partition coefficient (Wildman–Crippen LogP) is 3.56. The second-order valence-electron chi connectivity index (χ2n) is 5.30. The zero-order valence-electron chi connectivity index (χ0n) is 12.3. The fourth-order valence-corrected chi connectivity index (χ4v) is 1.86. The van der Waals surface area contributed by atoms with Crippen molar-refractivity contribution in [2.24, 2.45) is 5.92 Å². The number of rotatable bonds is 7. The Labute approximate surface area is 120 Å². The summed E-state index contributed by atoms with van der Waals surface area (Å²) in [6, 6.07) is 10.0. The third kappa shape index (κ3) is 4.38. The van der Waals surface area contributed by atoms with Crippen molar-refractivity contribution in [3.63, 3.8) is 0 Å². The van der Waals surface area contributed by atoms with Crippen LogP contribution in [0.25, 0.3) is 0 Å². The molecule has 0 aliphatic carbocycles. The van der Waals surface area contributed by atoms with E-state index >= 15 is 0 Å². The van der Waals surface area contributed by atoms with Crippen LogP contribution in [0.5, 0.6) is 6.08 Å². The first-order valence-electron chi connectivity index (χ1n) is 7.02. The third-order valence-electron chi connectivity index (χ3n) is 2.94. The zero-order chi connectivity index (χ0) is 14.4. The van der Waals surface area contributed by atoms with Crippen molar-refractivity contribution in [1.29, 1.82) is 0 Å². The van der Waals surface area contributed by atoms with Crippen LogP contribution in [0, 0.1) is 5.92 Å². The fraction of sp³-hybridized carbons (Fsp3) is 0.438. The molecule has 108 valence electrons. The maximum Gasteiger partial charge on any atom is 0.394 e. The van der Waals surface area contributed by atoms with E-state index in [4.69, 9.17) is 9.15 Å². The monoisotopic (exact) mass is 274 g/mol. The largest absolute Gasteiger partial charge is 0.442 e. The number of hydrogen-bond acceptors (Lipinski definition) is 4.